The van der Waals surface area contributed by atoms with Crippen LogP contribution in [0.25, 0.3) is 0 Å². The van der Waals surface area contributed by atoms with E-state index in [4.69, 9.17) is 14.6 Å². The van der Waals surface area contributed by atoms with Gasteiger partial charge < -0.3 is 19.5 Å². The summed E-state index contributed by atoms with van der Waals surface area (Å²) >= 11 is 0. The first-order valence-electron chi connectivity index (χ1n) is 5.64. The van der Waals surface area contributed by atoms with Crippen molar-refractivity contribution in [3.63, 3.8) is 0 Å². The number of hydrogen-bond donors (Lipinski definition) is 1. The molecule has 19 heavy (non-hydrogen) atoms. The Morgan fingerprint density at radius 3 is 2.26 bits per heavy atom. The van der Waals surface area contributed by atoms with Crippen LogP contribution in [0, 0.1) is 5.92 Å². The van der Waals surface area contributed by atoms with Gasteiger partial charge in [0.2, 0.25) is 5.91 Å². The van der Waals surface area contributed by atoms with Gasteiger partial charge in [0, 0.05) is 18.8 Å². The quantitative estimate of drug-likeness (QED) is 0.816. The van der Waals surface area contributed by atoms with Crippen molar-refractivity contribution in [2.45, 2.75) is 6.92 Å². The third-order valence-corrected chi connectivity index (χ3v) is 2.83. The minimum atomic E-state index is -1.16. The third kappa shape index (κ3) is 3.15. The second-order valence-corrected chi connectivity index (χ2v) is 4.00. The Hall–Kier alpha value is -2.24. The number of methoxy groups -OCH3 is 2. The van der Waals surface area contributed by atoms with Crippen LogP contribution in [-0.4, -0.2) is 38.3 Å². The van der Waals surface area contributed by atoms with Crippen LogP contribution >= 0.6 is 0 Å². The highest BCUT2D eigenvalue weighted by Gasteiger charge is 2.25. The van der Waals surface area contributed by atoms with Gasteiger partial charge in [-0.3, -0.25) is 9.59 Å². The minimum absolute atomic E-state index is 0.475. The molecule has 0 saturated carbocycles. The molecule has 0 heterocycles. The molecule has 104 valence electrons. The van der Waals surface area contributed by atoms with Crippen LogP contribution in [-0.2, 0) is 9.59 Å². The highest BCUT2D eigenvalue weighted by molar-refractivity contribution is 6.05. The van der Waals surface area contributed by atoms with Crippen molar-refractivity contribution >= 4 is 17.6 Å². The summed E-state index contributed by atoms with van der Waals surface area (Å²) < 4.78 is 10.2. The lowest BCUT2D eigenvalue weighted by atomic mass is 10.1. The van der Waals surface area contributed by atoms with Crippen molar-refractivity contribution in [1.29, 1.82) is 0 Å². The monoisotopic (exact) mass is 267 g/mol. The summed E-state index contributed by atoms with van der Waals surface area (Å²) in [6.07, 6.45) is 0. The predicted octanol–water partition coefficient (Wildman–Crippen LogP) is 1.39. The fraction of sp³-hybridized carbons (Fsp3) is 0.385. The number of carboxylic acid groups (broad SMARTS) is 1. The normalized spacial score (nSPS) is 11.6. The lowest BCUT2D eigenvalue weighted by molar-refractivity contribution is -0.145. The van der Waals surface area contributed by atoms with Crippen molar-refractivity contribution in [2.24, 2.45) is 5.92 Å². The Morgan fingerprint density at radius 2 is 1.79 bits per heavy atom. The second kappa shape index (κ2) is 6.08. The summed E-state index contributed by atoms with van der Waals surface area (Å²) in [5, 5.41) is 8.84. The zero-order valence-electron chi connectivity index (χ0n) is 11.3. The Balaban J connectivity index is 3.03. The zero-order valence-corrected chi connectivity index (χ0v) is 11.3. The number of hydrogen-bond acceptors (Lipinski definition) is 4. The van der Waals surface area contributed by atoms with E-state index in [1.54, 1.807) is 18.2 Å². The average Bonchev–Trinajstić information content (AvgIpc) is 2.43. The van der Waals surface area contributed by atoms with E-state index in [1.807, 2.05) is 0 Å². The summed E-state index contributed by atoms with van der Waals surface area (Å²) in [6.45, 7) is 1.35. The molecule has 1 amide bonds. The van der Waals surface area contributed by atoms with E-state index < -0.39 is 17.8 Å². The van der Waals surface area contributed by atoms with Gasteiger partial charge in [0.15, 0.2) is 11.5 Å². The molecule has 1 aromatic rings. The molecule has 6 nitrogen and oxygen atoms in total. The van der Waals surface area contributed by atoms with Gasteiger partial charge >= 0.3 is 5.97 Å². The summed E-state index contributed by atoms with van der Waals surface area (Å²) in [6, 6.07) is 4.93. The lowest BCUT2D eigenvalue weighted by Crippen LogP contribution is -2.35. The largest absolute Gasteiger partial charge is 0.493 e. The molecule has 0 fully saturated rings. The molecule has 1 unspecified atom stereocenters. The SMILES string of the molecule is COc1ccc(N(C)C(=O)C(C)C(=O)O)cc1OC. The van der Waals surface area contributed by atoms with E-state index in [-0.39, 0.29) is 0 Å². The van der Waals surface area contributed by atoms with Crippen molar-refractivity contribution in [1.82, 2.24) is 0 Å². The minimum Gasteiger partial charge on any atom is -0.493 e. The van der Waals surface area contributed by atoms with Gasteiger partial charge in [-0.2, -0.15) is 0 Å². The van der Waals surface area contributed by atoms with Gasteiger partial charge in [0.25, 0.3) is 0 Å². The molecule has 0 aliphatic rings. The molecule has 1 aromatic carbocycles. The van der Waals surface area contributed by atoms with Gasteiger partial charge in [-0.25, -0.2) is 0 Å². The fourth-order valence-corrected chi connectivity index (χ4v) is 1.56. The lowest BCUT2D eigenvalue weighted by Gasteiger charge is -2.20. The second-order valence-electron chi connectivity index (χ2n) is 4.00. The number of anilines is 1. The molecule has 0 aromatic heterocycles. The first kappa shape index (κ1) is 14.8. The van der Waals surface area contributed by atoms with Crippen molar-refractivity contribution in [3.8, 4) is 11.5 Å². The van der Waals surface area contributed by atoms with Crippen molar-refractivity contribution in [2.75, 3.05) is 26.2 Å². The summed E-state index contributed by atoms with van der Waals surface area (Å²) in [4.78, 5) is 24.0. The molecule has 1 N–H and O–H groups in total. The summed E-state index contributed by atoms with van der Waals surface area (Å²) in [7, 11) is 4.52. The molecular weight excluding hydrogens is 250 g/mol. The molecule has 0 saturated heterocycles. The number of rotatable bonds is 5. The molecule has 1 atom stereocenters. The Kier molecular flexibility index (Phi) is 4.74. The molecule has 1 rings (SSSR count). The predicted molar refractivity (Wildman–Crippen MR) is 69.8 cm³/mol. The van der Waals surface area contributed by atoms with Crippen LogP contribution in [0.1, 0.15) is 6.92 Å². The van der Waals surface area contributed by atoms with Crippen LogP contribution in [0.15, 0.2) is 18.2 Å². The fourth-order valence-electron chi connectivity index (χ4n) is 1.56. The van der Waals surface area contributed by atoms with E-state index in [9.17, 15) is 9.59 Å². The standard InChI is InChI=1S/C13H17NO5/c1-8(13(16)17)12(15)14(2)9-5-6-10(18-3)11(7-9)19-4/h5-8H,1-4H3,(H,16,17). The van der Waals surface area contributed by atoms with E-state index >= 15 is 0 Å². The third-order valence-electron chi connectivity index (χ3n) is 2.83. The van der Waals surface area contributed by atoms with Gasteiger partial charge in [-0.05, 0) is 19.1 Å². The number of amides is 1. The topological polar surface area (TPSA) is 76.1 Å². The van der Waals surface area contributed by atoms with Crippen molar-refractivity contribution < 1.29 is 24.2 Å². The first-order valence-corrected chi connectivity index (χ1v) is 5.64. The van der Waals surface area contributed by atoms with E-state index in [2.05, 4.69) is 0 Å². The molecule has 0 bridgehead atoms. The average molecular weight is 267 g/mol. The van der Waals surface area contributed by atoms with Gasteiger partial charge in [0.1, 0.15) is 5.92 Å². The molecule has 0 aliphatic carbocycles. The van der Waals surface area contributed by atoms with Crippen LogP contribution in [0.5, 0.6) is 11.5 Å². The molecule has 6 heteroatoms. The molecule has 0 aliphatic heterocycles. The maximum absolute atomic E-state index is 11.9. The van der Waals surface area contributed by atoms with Crippen LogP contribution < -0.4 is 14.4 Å². The van der Waals surface area contributed by atoms with Gasteiger partial charge in [-0.15, -0.1) is 0 Å². The number of aliphatic carboxylic acids is 1. The Labute approximate surface area is 111 Å². The summed E-state index contributed by atoms with van der Waals surface area (Å²) in [5.74, 6) is -1.74. The van der Waals surface area contributed by atoms with Gasteiger partial charge in [0.05, 0.1) is 14.2 Å². The van der Waals surface area contributed by atoms with E-state index in [1.165, 1.54) is 33.1 Å². The number of carbonyl (C=O) groups excluding carboxylic acids is 1. The van der Waals surface area contributed by atoms with E-state index in [0.29, 0.717) is 17.2 Å². The molecule has 0 spiro atoms. The highest BCUT2D eigenvalue weighted by atomic mass is 16.5. The maximum Gasteiger partial charge on any atom is 0.315 e. The molecule has 0 radical (unpaired) electrons. The van der Waals surface area contributed by atoms with E-state index in [0.717, 1.165) is 0 Å². The highest BCUT2D eigenvalue weighted by Crippen LogP contribution is 2.31. The number of carboxylic acids is 1. The Bertz CT molecular complexity index is 486. The number of nitrogens with zero attached hydrogens (tertiary/aromatic N) is 1. The first-order chi connectivity index (χ1) is 8.92. The smallest absolute Gasteiger partial charge is 0.315 e. The van der Waals surface area contributed by atoms with Crippen molar-refractivity contribution in [3.05, 3.63) is 18.2 Å². The maximum atomic E-state index is 11.9. The summed E-state index contributed by atoms with van der Waals surface area (Å²) in [5.41, 5.74) is 0.538. The van der Waals surface area contributed by atoms with Crippen LogP contribution in [0.4, 0.5) is 5.69 Å². The van der Waals surface area contributed by atoms with Crippen LogP contribution in [0.2, 0.25) is 0 Å². The van der Waals surface area contributed by atoms with Crippen LogP contribution in [0.3, 0.4) is 0 Å². The number of carbonyl (C=O) groups is 2. The number of benzene rings is 1. The number of ether oxygens (including phenoxy) is 2. The van der Waals surface area contributed by atoms with Gasteiger partial charge in [-0.1, -0.05) is 0 Å². The zero-order chi connectivity index (χ0) is 14.6. The molecular formula is C13H17NO5. The Morgan fingerprint density at radius 1 is 1.21 bits per heavy atom.